The van der Waals surface area contributed by atoms with Crippen molar-refractivity contribution in [3.8, 4) is 0 Å². The van der Waals surface area contributed by atoms with Gasteiger partial charge in [0.25, 0.3) is 0 Å². The number of hydrogen-bond acceptors (Lipinski definition) is 0. The Morgan fingerprint density at radius 2 is 1.41 bits per heavy atom. The topological polar surface area (TPSA) is 39.8 Å². The fourth-order valence-electron chi connectivity index (χ4n) is 0.791. The first-order valence-electron chi connectivity index (χ1n) is 4.40. The minimum absolute atomic E-state index is 0. The molecule has 0 unspecified atom stereocenters. The number of aryl methyl sites for hydroxylation is 1. The zero-order chi connectivity index (χ0) is 12.6. The smallest absolute Gasteiger partial charge is 0.214 e. The van der Waals surface area contributed by atoms with Crippen molar-refractivity contribution >= 4 is 0 Å². The van der Waals surface area contributed by atoms with Gasteiger partial charge in [0.05, 0.1) is 0 Å². The van der Waals surface area contributed by atoms with Gasteiger partial charge in [0, 0.05) is 0 Å². The predicted octanol–water partition coefficient (Wildman–Crippen LogP) is 3.12. The summed E-state index contributed by atoms with van der Waals surface area (Å²) in [6.45, 7) is 11.1. The van der Waals surface area contributed by atoms with Gasteiger partial charge in [-0.3, -0.25) is 0 Å². The van der Waals surface area contributed by atoms with Crippen LogP contribution >= 0.6 is 0 Å². The average molecular weight is 268 g/mol. The maximum absolute atomic E-state index is 7.50. The Morgan fingerprint density at radius 1 is 1.00 bits per heavy atom. The van der Waals surface area contributed by atoms with E-state index in [0.29, 0.717) is 0 Å². The van der Waals surface area contributed by atoms with Crippen LogP contribution in [0, 0.1) is 26.3 Å². The van der Waals surface area contributed by atoms with Crippen LogP contribution in [-0.2, 0) is 26.4 Å². The third-order valence-corrected chi connectivity index (χ3v) is 1.44. The van der Waals surface area contributed by atoms with Gasteiger partial charge in [0.1, 0.15) is 0 Å². The van der Waals surface area contributed by atoms with Gasteiger partial charge < -0.3 is 0 Å². The van der Waals surface area contributed by atoms with Crippen LogP contribution in [0.4, 0.5) is 0 Å². The molecule has 0 fully saturated rings. The summed E-state index contributed by atoms with van der Waals surface area (Å²) >= 11 is 0. The fraction of sp³-hybridized carbons (Fsp3) is 0.0714. The van der Waals surface area contributed by atoms with E-state index >= 15 is 0 Å². The van der Waals surface area contributed by atoms with Crippen LogP contribution in [0.5, 0.6) is 0 Å². The van der Waals surface area contributed by atoms with Crippen molar-refractivity contribution in [2.24, 2.45) is 0 Å². The summed E-state index contributed by atoms with van der Waals surface area (Å²) in [6, 6.07) is 20.8. The molecule has 2 aromatic carbocycles. The van der Waals surface area contributed by atoms with E-state index in [1.54, 1.807) is 0 Å². The largest absolute Gasteiger partial charge is 6.00 e. The Hall–Kier alpha value is -1.43. The second kappa shape index (κ2) is 20.0. The van der Waals surface area contributed by atoms with E-state index in [1.165, 1.54) is 5.56 Å². The molecule has 2 aromatic rings. The van der Waals surface area contributed by atoms with Crippen molar-refractivity contribution in [2.45, 2.75) is 6.92 Å². The summed E-state index contributed by atoms with van der Waals surface area (Å²) in [5.74, 6) is 0. The molecule has 0 aliphatic rings. The Morgan fingerprint density at radius 3 is 1.59 bits per heavy atom. The van der Waals surface area contributed by atoms with Crippen molar-refractivity contribution < 1.29 is 26.4 Å². The molecule has 0 heterocycles. The first-order chi connectivity index (χ1) is 7.89. The van der Waals surface area contributed by atoms with E-state index in [4.69, 9.17) is 9.30 Å². The molecule has 0 radical (unpaired) electrons. The third-order valence-electron chi connectivity index (χ3n) is 1.44. The standard InChI is InChI=1S/C7H7.C5H5.2CO.Fe/c1-7-5-3-2-4-6-7;1-2-4-5-3-1;2*1-2;/h3-6H,1H3;1-5H;;;/q2*-1;;;+6. The van der Waals surface area contributed by atoms with Gasteiger partial charge in [-0.05, 0) is 0 Å². The number of benzene rings is 1. The predicted molar refractivity (Wildman–Crippen MR) is 59.9 cm³/mol. The zero-order valence-corrected chi connectivity index (χ0v) is 10.5. The maximum Gasteiger partial charge on any atom is 6.00 e. The summed E-state index contributed by atoms with van der Waals surface area (Å²) in [7, 11) is 0. The van der Waals surface area contributed by atoms with Crippen LogP contribution in [0.3, 0.4) is 0 Å². The van der Waals surface area contributed by atoms with E-state index < -0.39 is 0 Å². The molecular weight excluding hydrogens is 256 g/mol. The molecule has 0 bridgehead atoms. The van der Waals surface area contributed by atoms with Gasteiger partial charge in [-0.1, -0.05) is 6.92 Å². The number of rotatable bonds is 0. The van der Waals surface area contributed by atoms with Crippen LogP contribution in [0.1, 0.15) is 5.56 Å². The van der Waals surface area contributed by atoms with Crippen LogP contribution in [0.15, 0.2) is 54.6 Å². The summed E-state index contributed by atoms with van der Waals surface area (Å²) in [5.41, 5.74) is 1.29. The first-order valence-corrected chi connectivity index (χ1v) is 4.40. The summed E-state index contributed by atoms with van der Waals surface area (Å²) < 4.78 is 15.0. The van der Waals surface area contributed by atoms with Crippen molar-refractivity contribution in [2.75, 3.05) is 0 Å². The molecule has 0 amide bonds. The average Bonchev–Trinajstić information content (AvgIpc) is 2.94. The van der Waals surface area contributed by atoms with Crippen LogP contribution in [0.25, 0.3) is 0 Å². The van der Waals surface area contributed by atoms with E-state index in [0.717, 1.165) is 0 Å². The molecule has 0 aromatic heterocycles. The molecule has 0 spiro atoms. The molecule has 0 saturated heterocycles. The second-order valence-electron chi connectivity index (χ2n) is 2.54. The molecule has 3 heteroatoms. The van der Waals surface area contributed by atoms with E-state index in [-0.39, 0.29) is 17.1 Å². The zero-order valence-electron chi connectivity index (χ0n) is 9.37. The van der Waals surface area contributed by atoms with Gasteiger partial charge in [0.2, 0.25) is 0 Å². The third kappa shape index (κ3) is 17.2. The van der Waals surface area contributed by atoms with E-state index in [1.807, 2.05) is 54.6 Å². The molecule has 0 N–H and O–H groups in total. The van der Waals surface area contributed by atoms with Crippen LogP contribution < -0.4 is 0 Å². The minimum atomic E-state index is 0. The molecule has 0 aliphatic heterocycles. The molecule has 17 heavy (non-hydrogen) atoms. The second-order valence-corrected chi connectivity index (χ2v) is 2.54. The Bertz CT molecular complexity index is 326. The molecule has 2 nitrogen and oxygen atoms in total. The molecular formula is C14H12FeO2+4. The summed E-state index contributed by atoms with van der Waals surface area (Å²) in [6.07, 6.45) is 0. The Labute approximate surface area is 113 Å². The van der Waals surface area contributed by atoms with Crippen molar-refractivity contribution in [1.82, 2.24) is 0 Å². The van der Waals surface area contributed by atoms with Gasteiger partial charge in [-0.2, -0.15) is 54.1 Å². The van der Waals surface area contributed by atoms with Crippen molar-refractivity contribution in [3.63, 3.8) is 0 Å². The number of hydrogen-bond donors (Lipinski definition) is 0. The van der Waals surface area contributed by atoms with E-state index in [2.05, 4.69) is 26.3 Å². The molecule has 0 saturated carbocycles. The van der Waals surface area contributed by atoms with E-state index in [9.17, 15) is 0 Å². The quantitative estimate of drug-likeness (QED) is 0.400. The van der Waals surface area contributed by atoms with Gasteiger partial charge >= 0.3 is 39.7 Å². The van der Waals surface area contributed by atoms with Crippen molar-refractivity contribution in [3.05, 3.63) is 79.5 Å². The molecule has 0 aliphatic carbocycles. The van der Waals surface area contributed by atoms with Crippen LogP contribution in [0.2, 0.25) is 0 Å². The van der Waals surface area contributed by atoms with Crippen LogP contribution in [-0.4, -0.2) is 0 Å². The molecule has 0 atom stereocenters. The van der Waals surface area contributed by atoms with Gasteiger partial charge in [-0.15, -0.1) is 0 Å². The monoisotopic (exact) mass is 268 g/mol. The minimum Gasteiger partial charge on any atom is -0.214 e. The van der Waals surface area contributed by atoms with Gasteiger partial charge in [-0.25, -0.2) is 12.1 Å². The summed E-state index contributed by atoms with van der Waals surface area (Å²) in [5, 5.41) is 0. The first kappa shape index (κ1) is 20.9. The van der Waals surface area contributed by atoms with Gasteiger partial charge in [0.15, 0.2) is 0 Å². The normalized spacial score (nSPS) is 6.18. The Kier molecular flexibility index (Phi) is 24.7. The molecule has 84 valence electrons. The fourth-order valence-corrected chi connectivity index (χ4v) is 0.791. The SMILES string of the molecule is Cc1cc[c-]cc1.[C-]#[O+].[C-]#[O+].[Fe+6].c1cc[cH-]c1. The van der Waals surface area contributed by atoms with Crippen molar-refractivity contribution in [1.29, 1.82) is 0 Å². The maximum atomic E-state index is 7.50. The summed E-state index contributed by atoms with van der Waals surface area (Å²) in [4.78, 5) is 0. The Balaban J connectivity index is -0.000000175. The molecule has 2 rings (SSSR count).